The highest BCUT2D eigenvalue weighted by Gasteiger charge is 2.27. The van der Waals surface area contributed by atoms with E-state index >= 15 is 0 Å². The molecule has 0 N–H and O–H groups in total. The standard InChI is InChI=1S/C22H25FN2O2/c1-16(2)11-22(26)25(14-17-7-4-3-5-8-17)15-20-13-21(24-27-20)18-9-6-10-19(23)12-18/h3-10,12,16,20H,11,13-15H2,1-2H3. The molecular formula is C22H25FN2O2. The van der Waals surface area contributed by atoms with Crippen LogP contribution in [0.5, 0.6) is 0 Å². The van der Waals surface area contributed by atoms with Crippen LogP contribution in [0.3, 0.4) is 0 Å². The maximum atomic E-state index is 13.4. The van der Waals surface area contributed by atoms with Gasteiger partial charge in [0.25, 0.3) is 0 Å². The van der Waals surface area contributed by atoms with Crippen molar-refractivity contribution in [1.82, 2.24) is 4.90 Å². The van der Waals surface area contributed by atoms with Crippen molar-refractivity contribution in [3.8, 4) is 0 Å². The third-order valence-corrected chi connectivity index (χ3v) is 4.47. The maximum absolute atomic E-state index is 13.4. The summed E-state index contributed by atoms with van der Waals surface area (Å²) >= 11 is 0. The van der Waals surface area contributed by atoms with Crippen LogP contribution in [-0.2, 0) is 16.2 Å². The van der Waals surface area contributed by atoms with Gasteiger partial charge in [-0.1, -0.05) is 61.5 Å². The predicted octanol–water partition coefficient (Wildman–Crippen LogP) is 4.39. The summed E-state index contributed by atoms with van der Waals surface area (Å²) in [5, 5.41) is 4.12. The quantitative estimate of drug-likeness (QED) is 0.727. The average Bonchev–Trinajstić information content (AvgIpc) is 3.10. The van der Waals surface area contributed by atoms with Gasteiger partial charge in [0.1, 0.15) is 5.82 Å². The number of rotatable bonds is 7. The normalized spacial score (nSPS) is 16.1. The number of carbonyl (C=O) groups excluding carboxylic acids is 1. The Morgan fingerprint density at radius 3 is 2.70 bits per heavy atom. The third kappa shape index (κ3) is 5.39. The molecule has 3 rings (SSSR count). The molecule has 0 radical (unpaired) electrons. The molecule has 0 spiro atoms. The van der Waals surface area contributed by atoms with Gasteiger partial charge in [0.2, 0.25) is 5.91 Å². The summed E-state index contributed by atoms with van der Waals surface area (Å²) in [6.45, 7) is 5.08. The molecule has 1 atom stereocenters. The minimum atomic E-state index is -0.295. The van der Waals surface area contributed by atoms with Crippen LogP contribution in [0.4, 0.5) is 4.39 Å². The van der Waals surface area contributed by atoms with Gasteiger partial charge in [0.15, 0.2) is 6.10 Å². The van der Waals surface area contributed by atoms with Gasteiger partial charge in [-0.25, -0.2) is 4.39 Å². The summed E-state index contributed by atoms with van der Waals surface area (Å²) in [6, 6.07) is 16.3. The van der Waals surface area contributed by atoms with Crippen molar-refractivity contribution in [2.45, 2.75) is 39.3 Å². The zero-order valence-corrected chi connectivity index (χ0v) is 15.8. The summed E-state index contributed by atoms with van der Waals surface area (Å²) in [4.78, 5) is 20.1. The second-order valence-electron chi connectivity index (χ2n) is 7.34. The second-order valence-corrected chi connectivity index (χ2v) is 7.34. The highest BCUT2D eigenvalue weighted by Crippen LogP contribution is 2.20. The predicted molar refractivity (Wildman–Crippen MR) is 104 cm³/mol. The minimum absolute atomic E-state index is 0.108. The monoisotopic (exact) mass is 368 g/mol. The fourth-order valence-corrected chi connectivity index (χ4v) is 3.15. The Morgan fingerprint density at radius 1 is 1.22 bits per heavy atom. The maximum Gasteiger partial charge on any atom is 0.223 e. The largest absolute Gasteiger partial charge is 0.390 e. The van der Waals surface area contributed by atoms with Crippen LogP contribution in [0.25, 0.3) is 0 Å². The fraction of sp³-hybridized carbons (Fsp3) is 0.364. The van der Waals surface area contributed by atoms with Crippen molar-refractivity contribution in [3.05, 3.63) is 71.5 Å². The highest BCUT2D eigenvalue weighted by molar-refractivity contribution is 6.01. The second kappa shape index (κ2) is 8.80. The summed E-state index contributed by atoms with van der Waals surface area (Å²) < 4.78 is 13.4. The zero-order chi connectivity index (χ0) is 19.2. The number of hydrogen-bond acceptors (Lipinski definition) is 3. The van der Waals surface area contributed by atoms with Gasteiger partial charge in [-0.2, -0.15) is 0 Å². The Balaban J connectivity index is 1.66. The molecule has 142 valence electrons. The first-order valence-electron chi connectivity index (χ1n) is 9.31. The van der Waals surface area contributed by atoms with E-state index in [1.54, 1.807) is 6.07 Å². The molecule has 2 aromatic rings. The lowest BCUT2D eigenvalue weighted by atomic mass is 10.0. The number of amides is 1. The number of hydrogen-bond donors (Lipinski definition) is 0. The molecular weight excluding hydrogens is 343 g/mol. The van der Waals surface area contributed by atoms with E-state index in [1.807, 2.05) is 55.1 Å². The van der Waals surface area contributed by atoms with E-state index in [1.165, 1.54) is 12.1 Å². The van der Waals surface area contributed by atoms with E-state index in [-0.39, 0.29) is 17.8 Å². The van der Waals surface area contributed by atoms with Crippen LogP contribution < -0.4 is 0 Å². The summed E-state index contributed by atoms with van der Waals surface area (Å²) in [5.74, 6) is 0.104. The molecule has 1 aliphatic rings. The molecule has 1 amide bonds. The van der Waals surface area contributed by atoms with E-state index in [0.717, 1.165) is 16.8 Å². The van der Waals surface area contributed by atoms with Gasteiger partial charge in [0, 0.05) is 24.9 Å². The Morgan fingerprint density at radius 2 is 2.00 bits per heavy atom. The van der Waals surface area contributed by atoms with Crippen molar-refractivity contribution < 1.29 is 14.0 Å². The molecule has 5 heteroatoms. The average molecular weight is 368 g/mol. The van der Waals surface area contributed by atoms with Crippen LogP contribution in [0.1, 0.15) is 37.8 Å². The molecule has 0 aromatic heterocycles. The van der Waals surface area contributed by atoms with Crippen molar-refractivity contribution in [3.63, 3.8) is 0 Å². The van der Waals surface area contributed by atoms with E-state index in [2.05, 4.69) is 5.16 Å². The van der Waals surface area contributed by atoms with Crippen LogP contribution in [0, 0.1) is 11.7 Å². The summed E-state index contributed by atoms with van der Waals surface area (Å²) in [6.07, 6.45) is 0.837. The molecule has 0 saturated carbocycles. The lowest BCUT2D eigenvalue weighted by molar-refractivity contribution is -0.134. The van der Waals surface area contributed by atoms with Crippen LogP contribution in [0.2, 0.25) is 0 Å². The minimum Gasteiger partial charge on any atom is -0.390 e. The molecule has 2 aromatic carbocycles. The summed E-state index contributed by atoms with van der Waals surface area (Å²) in [5.41, 5.74) is 2.52. The molecule has 0 aliphatic carbocycles. The molecule has 4 nitrogen and oxygen atoms in total. The topological polar surface area (TPSA) is 41.9 Å². The van der Waals surface area contributed by atoms with Gasteiger partial charge >= 0.3 is 0 Å². The van der Waals surface area contributed by atoms with Crippen LogP contribution in [-0.4, -0.2) is 29.2 Å². The van der Waals surface area contributed by atoms with Crippen molar-refractivity contribution in [1.29, 1.82) is 0 Å². The Labute approximate surface area is 159 Å². The van der Waals surface area contributed by atoms with Gasteiger partial charge in [0.05, 0.1) is 12.3 Å². The van der Waals surface area contributed by atoms with Crippen LogP contribution in [0.15, 0.2) is 59.8 Å². The Hall–Kier alpha value is -2.69. The Kier molecular flexibility index (Phi) is 6.22. The van der Waals surface area contributed by atoms with Gasteiger partial charge < -0.3 is 9.74 Å². The van der Waals surface area contributed by atoms with Crippen molar-refractivity contribution in [2.24, 2.45) is 11.1 Å². The number of nitrogens with zero attached hydrogens (tertiary/aromatic N) is 2. The van der Waals surface area contributed by atoms with Gasteiger partial charge in [-0.05, 0) is 23.6 Å². The van der Waals surface area contributed by atoms with E-state index in [0.29, 0.717) is 31.8 Å². The van der Waals surface area contributed by atoms with Gasteiger partial charge in [-0.15, -0.1) is 0 Å². The summed E-state index contributed by atoms with van der Waals surface area (Å²) in [7, 11) is 0. The first kappa shape index (κ1) is 19.1. The zero-order valence-electron chi connectivity index (χ0n) is 15.8. The van der Waals surface area contributed by atoms with Crippen molar-refractivity contribution >= 4 is 11.6 Å². The highest BCUT2D eigenvalue weighted by atomic mass is 19.1. The Bertz CT molecular complexity index is 805. The molecule has 0 fully saturated rings. The number of oxime groups is 1. The third-order valence-electron chi connectivity index (χ3n) is 4.47. The lowest BCUT2D eigenvalue weighted by Crippen LogP contribution is -2.37. The number of carbonyl (C=O) groups is 1. The van der Waals surface area contributed by atoms with Crippen molar-refractivity contribution in [2.75, 3.05) is 6.54 Å². The number of benzene rings is 2. The smallest absolute Gasteiger partial charge is 0.223 e. The molecule has 0 saturated heterocycles. The molecule has 1 heterocycles. The molecule has 0 bridgehead atoms. The van der Waals surface area contributed by atoms with E-state index < -0.39 is 0 Å². The SMILES string of the molecule is CC(C)CC(=O)N(Cc1ccccc1)CC1CC(c2cccc(F)c2)=NO1. The first-order chi connectivity index (χ1) is 13.0. The lowest BCUT2D eigenvalue weighted by Gasteiger charge is -2.26. The van der Waals surface area contributed by atoms with Crippen LogP contribution >= 0.6 is 0 Å². The van der Waals surface area contributed by atoms with E-state index in [4.69, 9.17) is 4.84 Å². The molecule has 27 heavy (non-hydrogen) atoms. The fourth-order valence-electron chi connectivity index (χ4n) is 3.15. The first-order valence-corrected chi connectivity index (χ1v) is 9.31. The van der Waals surface area contributed by atoms with E-state index in [9.17, 15) is 9.18 Å². The van der Waals surface area contributed by atoms with Gasteiger partial charge in [-0.3, -0.25) is 4.79 Å². The number of halogens is 1. The molecule has 1 unspecified atom stereocenters. The molecule has 1 aliphatic heterocycles.